The van der Waals surface area contributed by atoms with Crippen LogP contribution in [0.25, 0.3) is 35.5 Å². The number of hydrogen-bond donors (Lipinski definition) is 1. The summed E-state index contributed by atoms with van der Waals surface area (Å²) in [5, 5.41) is 4.63. The summed E-state index contributed by atoms with van der Waals surface area (Å²) in [5.74, 6) is 0. The van der Waals surface area contributed by atoms with Crippen LogP contribution in [0.4, 0.5) is 0 Å². The molecule has 0 unspecified atom stereocenters. The molecular weight excluding hydrogens is 939 g/mol. The third-order valence-corrected chi connectivity index (χ3v) is 15.4. The van der Waals surface area contributed by atoms with Crippen molar-refractivity contribution in [1.82, 2.24) is 0 Å². The van der Waals surface area contributed by atoms with Gasteiger partial charge in [-0.15, -0.1) is 0 Å². The standard InChI is InChI=1S/C77H63N/c1-58-29-25-54-74-70(68-48-21-23-52-72(68)76(74,64-40-9-3-10-41-64)65-42-11-4-12-43-65)50-27-38-62-35-18-17-33-60(62)32-8-2-7-30-59(57-58)31-26-37-61-34-19-20-36-63(61)39-28-51-71-69-49-22-24-53-73(69)77(75(71)55-56-78,66-44-13-5-14-45-66)67-46-15-6-16-47-67/h2-6,8-29,31-57H,7,30,78H2,1H3/b8-2-,31-26-,50-27-,51-28-,54-25+,56-55+,58-29-,59-57+,60-32-,61-37-,62-38+,63-39+. The normalized spacial score (nSPS) is 20.0. The largest absolute Gasteiger partial charge is 0.405 e. The van der Waals surface area contributed by atoms with E-state index in [0.29, 0.717) is 0 Å². The second kappa shape index (κ2) is 23.5. The van der Waals surface area contributed by atoms with Gasteiger partial charge in [0.05, 0.1) is 10.8 Å². The number of rotatable bonds is 9. The summed E-state index contributed by atoms with van der Waals surface area (Å²) in [6.45, 7) is 2.21. The Labute approximate surface area is 460 Å². The van der Waals surface area contributed by atoms with Crippen molar-refractivity contribution in [3.63, 3.8) is 0 Å². The van der Waals surface area contributed by atoms with E-state index in [0.717, 1.165) is 34.4 Å². The molecule has 376 valence electrons. The van der Waals surface area contributed by atoms with E-state index in [1.54, 1.807) is 6.20 Å². The summed E-state index contributed by atoms with van der Waals surface area (Å²) in [6, 6.07) is 78.7. The minimum absolute atomic E-state index is 0.530. The lowest BCUT2D eigenvalue weighted by Gasteiger charge is -2.34. The lowest BCUT2D eigenvalue weighted by atomic mass is 9.66. The van der Waals surface area contributed by atoms with E-state index < -0.39 is 10.8 Å². The molecule has 0 spiro atoms. The molecule has 1 heteroatoms. The van der Waals surface area contributed by atoms with Crippen molar-refractivity contribution in [3.8, 4) is 0 Å². The Morgan fingerprint density at radius 2 is 0.910 bits per heavy atom. The summed E-state index contributed by atoms with van der Waals surface area (Å²) >= 11 is 0. The Hall–Kier alpha value is -9.56. The Morgan fingerprint density at radius 3 is 1.50 bits per heavy atom. The van der Waals surface area contributed by atoms with E-state index >= 15 is 0 Å². The monoisotopic (exact) mass is 1000 g/mol. The zero-order valence-corrected chi connectivity index (χ0v) is 44.2. The molecule has 1 nitrogen and oxygen atoms in total. The van der Waals surface area contributed by atoms with Crippen LogP contribution < -0.4 is 26.6 Å². The number of nitrogens with two attached hydrogens (primary N) is 1. The highest BCUT2D eigenvalue weighted by Crippen LogP contribution is 2.56. The quantitative estimate of drug-likeness (QED) is 0.153. The van der Waals surface area contributed by atoms with E-state index in [1.807, 2.05) is 0 Å². The second-order valence-corrected chi connectivity index (χ2v) is 20.0. The smallest absolute Gasteiger partial charge is 0.0714 e. The van der Waals surface area contributed by atoms with E-state index in [9.17, 15) is 0 Å². The molecule has 78 heavy (non-hydrogen) atoms. The van der Waals surface area contributed by atoms with Crippen molar-refractivity contribution in [3.05, 3.63) is 391 Å². The van der Waals surface area contributed by atoms with Crippen molar-refractivity contribution in [2.24, 2.45) is 5.73 Å². The second-order valence-electron chi connectivity index (χ2n) is 20.0. The third kappa shape index (κ3) is 9.91. The number of hydrogen-bond acceptors (Lipinski definition) is 1. The van der Waals surface area contributed by atoms with Crippen molar-refractivity contribution >= 4 is 35.5 Å². The molecule has 0 radical (unpaired) electrons. The number of benzene rings is 8. The van der Waals surface area contributed by atoms with Crippen molar-refractivity contribution in [1.29, 1.82) is 0 Å². The molecule has 8 aromatic carbocycles. The van der Waals surface area contributed by atoms with Crippen LogP contribution in [0.3, 0.4) is 0 Å². The van der Waals surface area contributed by atoms with E-state index in [4.69, 9.17) is 5.73 Å². The van der Waals surface area contributed by atoms with Crippen LogP contribution in [0, 0.1) is 0 Å². The highest BCUT2D eigenvalue weighted by atomic mass is 14.5. The number of allylic oxidation sites excluding steroid dienone is 19. The van der Waals surface area contributed by atoms with Crippen LogP contribution in [0.1, 0.15) is 64.3 Å². The first-order valence-corrected chi connectivity index (χ1v) is 27.2. The molecule has 3 aliphatic rings. The summed E-state index contributed by atoms with van der Waals surface area (Å²) in [5.41, 5.74) is 22.3. The van der Waals surface area contributed by atoms with Gasteiger partial charge in [-0.2, -0.15) is 0 Å². The molecule has 0 bridgehead atoms. The fourth-order valence-electron chi connectivity index (χ4n) is 12.0. The van der Waals surface area contributed by atoms with Crippen molar-refractivity contribution in [2.75, 3.05) is 0 Å². The van der Waals surface area contributed by atoms with Gasteiger partial charge in [0.1, 0.15) is 0 Å². The number of fused-ring (bicyclic) bond motifs is 4. The maximum Gasteiger partial charge on any atom is 0.0714 e. The molecule has 0 heterocycles. The minimum atomic E-state index is -0.538. The molecule has 0 atom stereocenters. The summed E-state index contributed by atoms with van der Waals surface area (Å²) < 4.78 is 0. The Balaban J connectivity index is 0.983. The van der Waals surface area contributed by atoms with Crippen molar-refractivity contribution in [2.45, 2.75) is 30.6 Å². The lowest BCUT2D eigenvalue weighted by Crippen LogP contribution is -2.29. The molecule has 0 saturated heterocycles. The molecule has 0 fully saturated rings. The van der Waals surface area contributed by atoms with Crippen LogP contribution in [0.2, 0.25) is 0 Å². The van der Waals surface area contributed by atoms with E-state index in [1.165, 1.54) is 77.2 Å². The summed E-state index contributed by atoms with van der Waals surface area (Å²) in [6.07, 6.45) is 41.7. The molecule has 0 saturated carbocycles. The van der Waals surface area contributed by atoms with Gasteiger partial charge in [-0.05, 0) is 125 Å². The average Bonchev–Trinajstić information content (AvgIpc) is 4.16. The van der Waals surface area contributed by atoms with Crippen LogP contribution in [0.15, 0.2) is 326 Å². The van der Waals surface area contributed by atoms with Crippen LogP contribution in [0.5, 0.6) is 0 Å². The van der Waals surface area contributed by atoms with Gasteiger partial charge in [0.25, 0.3) is 0 Å². The Bertz CT molecular complexity index is 3980. The molecule has 3 aliphatic carbocycles. The molecule has 8 aromatic rings. The Kier molecular flexibility index (Phi) is 15.3. The SMILES string of the molecule is CC1=C/C=C/C2=C(\C=C/C=c3\cccc\c3=C\C=C/CCC(/C=C\C=c3\cccc\c3=C/C=C\C3=C(/C=C/N)C(c4ccccc4)(c4ccccc4)c4ccccc43)=C\1)c1ccccc1C2(c1ccccc1)c1ccccc1. The van der Waals surface area contributed by atoms with Gasteiger partial charge in [0, 0.05) is 0 Å². The molecule has 11 rings (SSSR count). The van der Waals surface area contributed by atoms with Crippen LogP contribution >= 0.6 is 0 Å². The van der Waals surface area contributed by atoms with E-state index in [2.05, 4.69) is 329 Å². The highest BCUT2D eigenvalue weighted by Gasteiger charge is 2.47. The molecule has 0 amide bonds. The highest BCUT2D eigenvalue weighted by molar-refractivity contribution is 5.93. The van der Waals surface area contributed by atoms with Gasteiger partial charge in [-0.25, -0.2) is 0 Å². The predicted octanol–water partition coefficient (Wildman–Crippen LogP) is 15.0. The fourth-order valence-corrected chi connectivity index (χ4v) is 12.0. The minimum Gasteiger partial charge on any atom is -0.405 e. The molecule has 2 N–H and O–H groups in total. The Morgan fingerprint density at radius 1 is 0.436 bits per heavy atom. The zero-order chi connectivity index (χ0) is 53.0. The van der Waals surface area contributed by atoms with E-state index in [-0.39, 0.29) is 0 Å². The van der Waals surface area contributed by atoms with Gasteiger partial charge in [0.2, 0.25) is 0 Å². The van der Waals surface area contributed by atoms with Crippen LogP contribution in [-0.2, 0) is 10.8 Å². The van der Waals surface area contributed by atoms with Gasteiger partial charge < -0.3 is 5.73 Å². The predicted molar refractivity (Wildman–Crippen MR) is 332 cm³/mol. The lowest BCUT2D eigenvalue weighted by molar-refractivity contribution is 0.761. The van der Waals surface area contributed by atoms with Crippen molar-refractivity contribution < 1.29 is 0 Å². The van der Waals surface area contributed by atoms with Gasteiger partial charge in [0.15, 0.2) is 0 Å². The van der Waals surface area contributed by atoms with Gasteiger partial charge in [-0.1, -0.05) is 321 Å². The van der Waals surface area contributed by atoms with Crippen LogP contribution in [-0.4, -0.2) is 0 Å². The fraction of sp³-hybridized carbons (Fsp3) is 0.0649. The molecule has 0 aliphatic heterocycles. The first-order chi connectivity index (χ1) is 38.6. The summed E-state index contributed by atoms with van der Waals surface area (Å²) in [7, 11) is 0. The maximum absolute atomic E-state index is 6.32. The topological polar surface area (TPSA) is 26.0 Å². The van der Waals surface area contributed by atoms with Gasteiger partial charge >= 0.3 is 0 Å². The first-order valence-electron chi connectivity index (χ1n) is 27.2. The molecular formula is C77H63N. The third-order valence-electron chi connectivity index (χ3n) is 15.4. The van der Waals surface area contributed by atoms with Gasteiger partial charge in [-0.3, -0.25) is 0 Å². The zero-order valence-electron chi connectivity index (χ0n) is 44.2. The molecule has 0 aromatic heterocycles. The summed E-state index contributed by atoms with van der Waals surface area (Å²) in [4.78, 5) is 0. The average molecular weight is 1000 g/mol. The first kappa shape index (κ1) is 50.6. The maximum atomic E-state index is 6.32.